The summed E-state index contributed by atoms with van der Waals surface area (Å²) in [7, 11) is 0. The number of alkyl halides is 3. The summed E-state index contributed by atoms with van der Waals surface area (Å²) in [5.41, 5.74) is 1.08. The van der Waals surface area contributed by atoms with Crippen molar-refractivity contribution in [3.63, 3.8) is 0 Å². The molecule has 2 aromatic carbocycles. The summed E-state index contributed by atoms with van der Waals surface area (Å²) >= 11 is 0. The molecular weight excluding hydrogens is 430 g/mol. The Labute approximate surface area is 156 Å². The van der Waals surface area contributed by atoms with Crippen LogP contribution in [0.5, 0.6) is 0 Å². The van der Waals surface area contributed by atoms with Crippen molar-refractivity contribution in [1.29, 1.82) is 0 Å². The molecule has 3 rings (SSSR count). The van der Waals surface area contributed by atoms with E-state index >= 15 is 0 Å². The molecule has 1 heterocycles. The van der Waals surface area contributed by atoms with Gasteiger partial charge in [0.05, 0.1) is 13.0 Å². The first-order valence-corrected chi connectivity index (χ1v) is 7.59. The van der Waals surface area contributed by atoms with E-state index in [0.717, 1.165) is 10.9 Å². The molecule has 1 N–H and O–H groups in total. The van der Waals surface area contributed by atoms with Gasteiger partial charge in [-0.2, -0.15) is 13.2 Å². The Morgan fingerprint density at radius 3 is 2.58 bits per heavy atom. The zero-order chi connectivity index (χ0) is 16.3. The number of guanidine groups is 1. The number of nitrogens with zero attached hydrogens (tertiary/aromatic N) is 2. The Morgan fingerprint density at radius 1 is 1.08 bits per heavy atom. The van der Waals surface area contributed by atoms with E-state index in [9.17, 15) is 13.2 Å². The van der Waals surface area contributed by atoms with E-state index in [-0.39, 0.29) is 30.5 Å². The van der Waals surface area contributed by atoms with E-state index in [2.05, 4.69) is 16.4 Å². The first-order valence-electron chi connectivity index (χ1n) is 7.59. The summed E-state index contributed by atoms with van der Waals surface area (Å²) in [5, 5.41) is 5.47. The van der Waals surface area contributed by atoms with E-state index in [4.69, 9.17) is 0 Å². The van der Waals surface area contributed by atoms with Crippen molar-refractivity contribution in [2.45, 2.75) is 19.1 Å². The van der Waals surface area contributed by atoms with E-state index in [1.807, 2.05) is 36.4 Å². The second-order valence-corrected chi connectivity index (χ2v) is 5.59. The second kappa shape index (κ2) is 8.04. The number of hydrogen-bond acceptors (Lipinski definition) is 3. The van der Waals surface area contributed by atoms with E-state index < -0.39 is 12.6 Å². The lowest BCUT2D eigenvalue weighted by atomic mass is 10.1. The molecule has 3 nitrogen and oxygen atoms in total. The fraction of sp³-hybridized carbons (Fsp3) is 0.353. The maximum Gasteiger partial charge on any atom is 0.390 e. The van der Waals surface area contributed by atoms with Gasteiger partial charge in [-0.25, -0.2) is 0 Å². The van der Waals surface area contributed by atoms with Crippen LogP contribution in [0.25, 0.3) is 10.8 Å². The molecule has 0 fully saturated rings. The summed E-state index contributed by atoms with van der Waals surface area (Å²) in [4.78, 5) is 5.92. The lowest BCUT2D eigenvalue weighted by Crippen LogP contribution is -2.39. The van der Waals surface area contributed by atoms with Crippen LogP contribution in [0.2, 0.25) is 0 Å². The van der Waals surface area contributed by atoms with Crippen LogP contribution in [0.3, 0.4) is 0 Å². The molecule has 0 amide bonds. The summed E-state index contributed by atoms with van der Waals surface area (Å²) < 4.78 is 37.0. The minimum atomic E-state index is -4.13. The highest BCUT2D eigenvalue weighted by Crippen LogP contribution is 2.20. The maximum atomic E-state index is 12.3. The van der Waals surface area contributed by atoms with Gasteiger partial charge in [-0.3, -0.25) is 4.99 Å². The highest BCUT2D eigenvalue weighted by molar-refractivity contribution is 14.0. The molecule has 1 aliphatic rings. The molecule has 0 aromatic heterocycles. The molecule has 130 valence electrons. The minimum absolute atomic E-state index is 0. The summed E-state index contributed by atoms with van der Waals surface area (Å²) in [6.45, 7) is 1.58. The first kappa shape index (κ1) is 18.8. The van der Waals surface area contributed by atoms with Gasteiger partial charge in [0.25, 0.3) is 0 Å². The molecule has 0 radical (unpaired) electrons. The Morgan fingerprint density at radius 2 is 1.83 bits per heavy atom. The van der Waals surface area contributed by atoms with Crippen molar-refractivity contribution < 1.29 is 13.2 Å². The lowest BCUT2D eigenvalue weighted by Gasteiger charge is -2.21. The van der Waals surface area contributed by atoms with Gasteiger partial charge in [0.15, 0.2) is 5.96 Å². The summed E-state index contributed by atoms with van der Waals surface area (Å²) in [6, 6.07) is 14.2. The van der Waals surface area contributed by atoms with Crippen molar-refractivity contribution in [3.8, 4) is 0 Å². The average molecular weight is 449 g/mol. The monoisotopic (exact) mass is 449 g/mol. The highest BCUT2D eigenvalue weighted by Gasteiger charge is 2.29. The van der Waals surface area contributed by atoms with Gasteiger partial charge in [0.2, 0.25) is 0 Å². The largest absolute Gasteiger partial charge is 0.390 e. The van der Waals surface area contributed by atoms with Crippen LogP contribution in [0, 0.1) is 0 Å². The van der Waals surface area contributed by atoms with Crippen LogP contribution in [0.4, 0.5) is 13.2 Å². The molecular formula is C17H19F3IN3. The minimum Gasteiger partial charge on any atom is -0.352 e. The van der Waals surface area contributed by atoms with Crippen molar-refractivity contribution >= 4 is 40.7 Å². The number of benzene rings is 2. The number of aliphatic imine (C=N–C) groups is 1. The SMILES string of the molecule is FC(F)(F)CCN1CCN=C1NCc1ccc2ccccc2c1.I. The van der Waals surface area contributed by atoms with Gasteiger partial charge < -0.3 is 10.2 Å². The molecule has 0 bridgehead atoms. The first-order chi connectivity index (χ1) is 11.0. The third-order valence-corrected chi connectivity index (χ3v) is 3.86. The fourth-order valence-electron chi connectivity index (χ4n) is 2.66. The van der Waals surface area contributed by atoms with Crippen LogP contribution < -0.4 is 5.32 Å². The van der Waals surface area contributed by atoms with E-state index in [1.165, 1.54) is 5.39 Å². The van der Waals surface area contributed by atoms with Crippen molar-refractivity contribution in [1.82, 2.24) is 10.2 Å². The molecule has 1 aliphatic heterocycles. The Bertz CT molecular complexity index is 716. The normalized spacial score (nSPS) is 14.5. The van der Waals surface area contributed by atoms with Crippen molar-refractivity contribution in [3.05, 3.63) is 48.0 Å². The molecule has 0 aliphatic carbocycles. The topological polar surface area (TPSA) is 27.6 Å². The Hall–Kier alpha value is -1.51. The zero-order valence-corrected chi connectivity index (χ0v) is 15.3. The lowest BCUT2D eigenvalue weighted by molar-refractivity contribution is -0.136. The van der Waals surface area contributed by atoms with Crippen LogP contribution in [-0.2, 0) is 6.54 Å². The molecule has 0 saturated carbocycles. The molecule has 24 heavy (non-hydrogen) atoms. The smallest absolute Gasteiger partial charge is 0.352 e. The molecule has 0 spiro atoms. The van der Waals surface area contributed by atoms with Crippen LogP contribution >= 0.6 is 24.0 Å². The van der Waals surface area contributed by atoms with Gasteiger partial charge in [0.1, 0.15) is 0 Å². The summed E-state index contributed by atoms with van der Waals surface area (Å²) in [5.74, 6) is 0.558. The highest BCUT2D eigenvalue weighted by atomic mass is 127. The predicted octanol–water partition coefficient (Wildman–Crippen LogP) is 4.17. The van der Waals surface area contributed by atoms with E-state index in [1.54, 1.807) is 4.90 Å². The van der Waals surface area contributed by atoms with Gasteiger partial charge in [-0.15, -0.1) is 24.0 Å². The summed E-state index contributed by atoms with van der Waals surface area (Å²) in [6.07, 6.45) is -4.95. The molecule has 0 unspecified atom stereocenters. The molecule has 0 saturated heterocycles. The van der Waals surface area contributed by atoms with Crippen LogP contribution in [-0.4, -0.2) is 36.7 Å². The van der Waals surface area contributed by atoms with Gasteiger partial charge in [-0.1, -0.05) is 36.4 Å². The van der Waals surface area contributed by atoms with Gasteiger partial charge in [-0.05, 0) is 22.4 Å². The Kier molecular flexibility index (Phi) is 6.31. The second-order valence-electron chi connectivity index (χ2n) is 5.59. The van der Waals surface area contributed by atoms with Crippen molar-refractivity contribution in [2.24, 2.45) is 4.99 Å². The van der Waals surface area contributed by atoms with E-state index in [0.29, 0.717) is 25.6 Å². The third kappa shape index (κ3) is 4.99. The standard InChI is InChI=1S/C17H18F3N3.HI/c18-17(19,20)7-9-23-10-8-21-16(23)22-12-13-5-6-14-3-1-2-4-15(14)11-13;/h1-6,11H,7-10,12H2,(H,21,22);1H. The molecule has 2 aromatic rings. The third-order valence-electron chi connectivity index (χ3n) is 3.86. The maximum absolute atomic E-state index is 12.3. The van der Waals surface area contributed by atoms with Crippen LogP contribution in [0.15, 0.2) is 47.5 Å². The van der Waals surface area contributed by atoms with Crippen LogP contribution in [0.1, 0.15) is 12.0 Å². The quantitative estimate of drug-likeness (QED) is 0.710. The number of fused-ring (bicyclic) bond motifs is 1. The fourth-order valence-corrected chi connectivity index (χ4v) is 2.66. The Balaban J connectivity index is 0.00000208. The zero-order valence-electron chi connectivity index (χ0n) is 13.0. The molecule has 7 heteroatoms. The van der Waals surface area contributed by atoms with Gasteiger partial charge in [0, 0.05) is 19.6 Å². The number of hydrogen-bond donors (Lipinski definition) is 1. The number of halogens is 4. The average Bonchev–Trinajstić information content (AvgIpc) is 2.97. The number of nitrogens with one attached hydrogen (secondary N) is 1. The van der Waals surface area contributed by atoms with Gasteiger partial charge >= 0.3 is 6.18 Å². The molecule has 0 atom stereocenters. The number of rotatable bonds is 4. The van der Waals surface area contributed by atoms with Crippen molar-refractivity contribution in [2.75, 3.05) is 19.6 Å². The predicted molar refractivity (Wildman–Crippen MR) is 101 cm³/mol.